The van der Waals surface area contributed by atoms with Gasteiger partial charge in [-0.3, -0.25) is 9.52 Å². The normalized spacial score (nSPS) is 12.5. The molecule has 0 bridgehead atoms. The molecule has 0 saturated carbocycles. The number of nitrogens with one attached hydrogen (secondary N) is 1. The van der Waals surface area contributed by atoms with E-state index in [9.17, 15) is 18.0 Å². The Kier molecular flexibility index (Phi) is 7.38. The molecule has 5 rings (SSSR count). The quantitative estimate of drug-likeness (QED) is 0.321. The van der Waals surface area contributed by atoms with E-state index in [4.69, 9.17) is 14.2 Å². The first-order valence-electron chi connectivity index (χ1n) is 12.3. The highest BCUT2D eigenvalue weighted by molar-refractivity contribution is 7.92. The molecule has 0 aliphatic carbocycles. The SMILES string of the molecule is CCN(C(=O)COC(=O)c1ccc(NS(=O)(=O)c2ccc3c(c2)OCCO3)cc1)c1cccc2ccccc12. The summed E-state index contributed by atoms with van der Waals surface area (Å²) in [6.07, 6.45) is 0. The highest BCUT2D eigenvalue weighted by atomic mass is 32.2. The van der Waals surface area contributed by atoms with E-state index in [1.165, 1.54) is 36.4 Å². The minimum Gasteiger partial charge on any atom is -0.486 e. The summed E-state index contributed by atoms with van der Waals surface area (Å²) in [6.45, 7) is 2.57. The van der Waals surface area contributed by atoms with Crippen molar-refractivity contribution in [1.29, 1.82) is 0 Å². The third kappa shape index (κ3) is 5.65. The van der Waals surface area contributed by atoms with E-state index in [2.05, 4.69) is 4.72 Å². The van der Waals surface area contributed by atoms with Crippen molar-refractivity contribution in [3.8, 4) is 11.5 Å². The molecule has 0 atom stereocenters. The fraction of sp³-hybridized carbons (Fsp3) is 0.172. The largest absolute Gasteiger partial charge is 0.486 e. The van der Waals surface area contributed by atoms with Crippen molar-refractivity contribution in [1.82, 2.24) is 0 Å². The van der Waals surface area contributed by atoms with E-state index >= 15 is 0 Å². The van der Waals surface area contributed by atoms with Crippen LogP contribution >= 0.6 is 0 Å². The lowest BCUT2D eigenvalue weighted by Crippen LogP contribution is -2.34. The summed E-state index contributed by atoms with van der Waals surface area (Å²) in [4.78, 5) is 27.1. The second-order valence-corrected chi connectivity index (χ2v) is 10.4. The van der Waals surface area contributed by atoms with E-state index in [0.29, 0.717) is 31.3 Å². The molecule has 1 heterocycles. The lowest BCUT2D eigenvalue weighted by atomic mass is 10.1. The summed E-state index contributed by atoms with van der Waals surface area (Å²) in [5.41, 5.74) is 1.18. The molecule has 0 unspecified atom stereocenters. The van der Waals surface area contributed by atoms with Crippen LogP contribution in [0.15, 0.2) is 89.8 Å². The number of nitrogens with zero attached hydrogens (tertiary/aromatic N) is 1. The van der Waals surface area contributed by atoms with Crippen LogP contribution in [0, 0.1) is 0 Å². The molecule has 0 radical (unpaired) electrons. The number of amides is 1. The maximum Gasteiger partial charge on any atom is 0.338 e. The number of carbonyl (C=O) groups excluding carboxylic acids is 2. The number of benzene rings is 4. The van der Waals surface area contributed by atoms with E-state index in [-0.39, 0.29) is 22.1 Å². The van der Waals surface area contributed by atoms with Crippen molar-refractivity contribution in [2.24, 2.45) is 0 Å². The molecule has 9 nitrogen and oxygen atoms in total. The van der Waals surface area contributed by atoms with Crippen LogP contribution in [0.2, 0.25) is 0 Å². The average Bonchev–Trinajstić information content (AvgIpc) is 2.96. The number of sulfonamides is 1. The lowest BCUT2D eigenvalue weighted by Gasteiger charge is -2.22. The maximum absolute atomic E-state index is 12.9. The zero-order valence-electron chi connectivity index (χ0n) is 21.1. The first-order chi connectivity index (χ1) is 18.9. The average molecular weight is 547 g/mol. The zero-order valence-corrected chi connectivity index (χ0v) is 21.9. The summed E-state index contributed by atoms with van der Waals surface area (Å²) < 4.78 is 44.3. The molecule has 0 aromatic heterocycles. The molecule has 1 aliphatic rings. The molecular weight excluding hydrogens is 520 g/mol. The van der Waals surface area contributed by atoms with Crippen LogP contribution in [0.1, 0.15) is 17.3 Å². The highest BCUT2D eigenvalue weighted by Crippen LogP contribution is 2.33. The molecular formula is C29H26N2O7S. The van der Waals surface area contributed by atoms with Crippen molar-refractivity contribution in [3.63, 3.8) is 0 Å². The van der Waals surface area contributed by atoms with Gasteiger partial charge in [0.2, 0.25) is 0 Å². The molecule has 4 aromatic rings. The minimum absolute atomic E-state index is 0.0143. The predicted octanol–water partition coefficient (Wildman–Crippen LogP) is 4.62. The molecule has 39 heavy (non-hydrogen) atoms. The second kappa shape index (κ2) is 11.0. The number of hydrogen-bond donors (Lipinski definition) is 1. The molecule has 0 spiro atoms. The van der Waals surface area contributed by atoms with E-state index in [1.807, 2.05) is 49.4 Å². The summed E-state index contributed by atoms with van der Waals surface area (Å²) in [6, 6.07) is 23.6. The van der Waals surface area contributed by atoms with Crippen LogP contribution in [0.5, 0.6) is 11.5 Å². The fourth-order valence-corrected chi connectivity index (χ4v) is 5.37. The Balaban J connectivity index is 1.22. The Hall–Kier alpha value is -4.57. The van der Waals surface area contributed by atoms with Crippen molar-refractivity contribution in [2.75, 3.05) is 36.0 Å². The number of fused-ring (bicyclic) bond motifs is 2. The van der Waals surface area contributed by atoms with Crippen molar-refractivity contribution >= 4 is 44.0 Å². The van der Waals surface area contributed by atoms with Gasteiger partial charge in [-0.1, -0.05) is 36.4 Å². The number of ether oxygens (including phenoxy) is 3. The first-order valence-corrected chi connectivity index (χ1v) is 13.8. The van der Waals surface area contributed by atoms with E-state index < -0.39 is 22.6 Å². The van der Waals surface area contributed by atoms with Gasteiger partial charge in [0, 0.05) is 23.7 Å². The molecule has 0 fully saturated rings. The van der Waals surface area contributed by atoms with Gasteiger partial charge in [-0.2, -0.15) is 0 Å². The van der Waals surface area contributed by atoms with Gasteiger partial charge in [0.05, 0.1) is 16.1 Å². The van der Waals surface area contributed by atoms with Crippen molar-refractivity contribution < 1.29 is 32.2 Å². The van der Waals surface area contributed by atoms with Crippen LogP contribution in [0.25, 0.3) is 10.8 Å². The molecule has 4 aromatic carbocycles. The lowest BCUT2D eigenvalue weighted by molar-refractivity contribution is -0.121. The number of esters is 1. The number of carbonyl (C=O) groups is 2. The third-order valence-corrected chi connectivity index (χ3v) is 7.58. The van der Waals surface area contributed by atoms with Crippen molar-refractivity contribution in [3.05, 3.63) is 90.5 Å². The Morgan fingerprint density at radius 2 is 1.62 bits per heavy atom. The van der Waals surface area contributed by atoms with E-state index in [1.54, 1.807) is 11.0 Å². The smallest absolute Gasteiger partial charge is 0.338 e. The van der Waals surface area contributed by atoms with Gasteiger partial charge in [0.1, 0.15) is 13.2 Å². The monoisotopic (exact) mass is 546 g/mol. The minimum atomic E-state index is -3.91. The number of anilines is 2. The van der Waals surface area contributed by atoms with Crippen LogP contribution < -0.4 is 19.1 Å². The van der Waals surface area contributed by atoms with Crippen LogP contribution in [0.3, 0.4) is 0 Å². The van der Waals surface area contributed by atoms with Gasteiger partial charge in [0.15, 0.2) is 18.1 Å². The fourth-order valence-electron chi connectivity index (χ4n) is 4.29. The molecule has 1 N–H and O–H groups in total. The standard InChI is InChI=1S/C29H26N2O7S/c1-2-31(25-9-5-7-20-6-3-4-8-24(20)25)28(32)19-38-29(33)21-10-12-22(13-11-21)30-39(34,35)23-14-15-26-27(18-23)37-17-16-36-26/h3-15,18,30H,2,16-17,19H2,1H3. The Bertz CT molecular complexity index is 1630. The van der Waals surface area contributed by atoms with Crippen LogP contribution in [0.4, 0.5) is 11.4 Å². The third-order valence-electron chi connectivity index (χ3n) is 6.20. The number of rotatable bonds is 8. The summed E-state index contributed by atoms with van der Waals surface area (Å²) in [7, 11) is -3.91. The molecule has 1 amide bonds. The summed E-state index contributed by atoms with van der Waals surface area (Å²) in [5, 5.41) is 1.93. The molecule has 10 heteroatoms. The van der Waals surface area contributed by atoms with Gasteiger partial charge in [-0.05, 0) is 54.8 Å². The summed E-state index contributed by atoms with van der Waals surface area (Å²) in [5.74, 6) is -0.204. The topological polar surface area (TPSA) is 111 Å². The predicted molar refractivity (Wildman–Crippen MR) is 147 cm³/mol. The van der Waals surface area contributed by atoms with E-state index in [0.717, 1.165) is 16.5 Å². The zero-order chi connectivity index (χ0) is 27.4. The molecule has 0 saturated heterocycles. The van der Waals surface area contributed by atoms with Gasteiger partial charge >= 0.3 is 5.97 Å². The Labute approximate surface area is 226 Å². The second-order valence-electron chi connectivity index (χ2n) is 8.70. The van der Waals surface area contributed by atoms with Gasteiger partial charge < -0.3 is 19.1 Å². The Morgan fingerprint density at radius 3 is 2.38 bits per heavy atom. The van der Waals surface area contributed by atoms with Gasteiger partial charge in [0.25, 0.3) is 15.9 Å². The van der Waals surface area contributed by atoms with Gasteiger partial charge in [-0.25, -0.2) is 13.2 Å². The van der Waals surface area contributed by atoms with Crippen LogP contribution in [-0.2, 0) is 19.6 Å². The number of hydrogen-bond acceptors (Lipinski definition) is 7. The highest BCUT2D eigenvalue weighted by Gasteiger charge is 2.21. The van der Waals surface area contributed by atoms with Crippen molar-refractivity contribution in [2.45, 2.75) is 11.8 Å². The molecule has 200 valence electrons. The molecule has 1 aliphatic heterocycles. The number of likely N-dealkylation sites (N-methyl/N-ethyl adjacent to an activating group) is 1. The van der Waals surface area contributed by atoms with Crippen LogP contribution in [-0.4, -0.2) is 46.7 Å². The maximum atomic E-state index is 12.9. The first kappa shape index (κ1) is 26.1. The van der Waals surface area contributed by atoms with Gasteiger partial charge in [-0.15, -0.1) is 0 Å². The summed E-state index contributed by atoms with van der Waals surface area (Å²) >= 11 is 0. The Morgan fingerprint density at radius 1 is 0.897 bits per heavy atom.